The molecular weight excluding hydrogens is 322 g/mol. The molecule has 7 nitrogen and oxygen atoms in total. The lowest BCUT2D eigenvalue weighted by Crippen LogP contribution is -2.44. The molecule has 1 aliphatic heterocycles. The fourth-order valence-corrected chi connectivity index (χ4v) is 2.93. The Labute approximate surface area is 147 Å². The van der Waals surface area contributed by atoms with Gasteiger partial charge in [0.2, 0.25) is 5.91 Å². The second-order valence-electron chi connectivity index (χ2n) is 6.43. The van der Waals surface area contributed by atoms with Crippen LogP contribution in [-0.2, 0) is 15.1 Å². The van der Waals surface area contributed by atoms with Crippen molar-refractivity contribution >= 4 is 17.8 Å². The van der Waals surface area contributed by atoms with Gasteiger partial charge in [0.15, 0.2) is 0 Å². The van der Waals surface area contributed by atoms with E-state index >= 15 is 0 Å². The number of amides is 4. The van der Waals surface area contributed by atoms with Crippen LogP contribution in [0.15, 0.2) is 24.3 Å². The summed E-state index contributed by atoms with van der Waals surface area (Å²) < 4.78 is 5.11. The van der Waals surface area contributed by atoms with Crippen molar-refractivity contribution in [3.8, 4) is 5.75 Å². The lowest BCUT2D eigenvalue weighted by atomic mass is 9.92. The summed E-state index contributed by atoms with van der Waals surface area (Å²) in [5, 5.41) is 5.49. The first-order valence-corrected chi connectivity index (χ1v) is 8.39. The topological polar surface area (TPSA) is 87.7 Å². The average molecular weight is 347 g/mol. The van der Waals surface area contributed by atoms with Gasteiger partial charge in [-0.25, -0.2) is 4.79 Å². The molecule has 1 heterocycles. The third kappa shape index (κ3) is 3.92. The summed E-state index contributed by atoms with van der Waals surface area (Å²) in [6, 6.07) is 6.34. The molecule has 0 radical (unpaired) electrons. The van der Waals surface area contributed by atoms with Crippen molar-refractivity contribution in [3.63, 3.8) is 0 Å². The first-order chi connectivity index (χ1) is 11.8. The van der Waals surface area contributed by atoms with Crippen molar-refractivity contribution in [2.45, 2.75) is 45.2 Å². The van der Waals surface area contributed by atoms with Gasteiger partial charge in [-0.15, -0.1) is 0 Å². The Kier molecular flexibility index (Phi) is 5.66. The first kappa shape index (κ1) is 18.8. The molecule has 1 saturated heterocycles. The monoisotopic (exact) mass is 347 g/mol. The predicted molar refractivity (Wildman–Crippen MR) is 93.1 cm³/mol. The van der Waals surface area contributed by atoms with Crippen LogP contribution in [0.25, 0.3) is 0 Å². The van der Waals surface area contributed by atoms with Gasteiger partial charge in [-0.1, -0.05) is 25.5 Å². The standard InChI is InChI=1S/C18H25N3O4/c1-5-6-12(2)19-15(22)11-21-16(23)18(3,20-17(21)24)13-7-9-14(25-4)10-8-13/h7-10,12H,5-6,11H2,1-4H3,(H,19,22)(H,20,24)/t12-,18-/m1/s1. The van der Waals surface area contributed by atoms with E-state index in [-0.39, 0.29) is 18.5 Å². The molecule has 0 unspecified atom stereocenters. The SMILES string of the molecule is CCC[C@@H](C)NC(=O)CN1C(=O)N[C@](C)(c2ccc(OC)cc2)C1=O. The minimum atomic E-state index is -1.20. The van der Waals surface area contributed by atoms with E-state index in [0.717, 1.165) is 17.7 Å². The molecule has 1 fully saturated rings. The molecule has 136 valence electrons. The largest absolute Gasteiger partial charge is 0.497 e. The lowest BCUT2D eigenvalue weighted by molar-refractivity contribution is -0.135. The molecule has 4 amide bonds. The third-order valence-electron chi connectivity index (χ3n) is 4.37. The lowest BCUT2D eigenvalue weighted by Gasteiger charge is -2.22. The Morgan fingerprint density at radius 2 is 1.96 bits per heavy atom. The molecule has 0 saturated carbocycles. The number of nitrogens with one attached hydrogen (secondary N) is 2. The molecule has 2 atom stereocenters. The Hall–Kier alpha value is -2.57. The van der Waals surface area contributed by atoms with E-state index in [2.05, 4.69) is 10.6 Å². The van der Waals surface area contributed by atoms with Gasteiger partial charge in [0, 0.05) is 6.04 Å². The summed E-state index contributed by atoms with van der Waals surface area (Å²) in [6.45, 7) is 5.27. The zero-order valence-corrected chi connectivity index (χ0v) is 15.1. The molecule has 0 bridgehead atoms. The zero-order valence-electron chi connectivity index (χ0n) is 15.1. The number of carbonyl (C=O) groups excluding carboxylic acids is 3. The van der Waals surface area contributed by atoms with Crippen LogP contribution in [-0.4, -0.2) is 42.4 Å². The molecule has 2 N–H and O–H groups in total. The molecule has 1 aliphatic rings. The molecular formula is C18H25N3O4. The number of methoxy groups -OCH3 is 1. The van der Waals surface area contributed by atoms with E-state index in [1.54, 1.807) is 38.3 Å². The van der Waals surface area contributed by atoms with Gasteiger partial charge in [-0.2, -0.15) is 0 Å². The molecule has 1 aromatic carbocycles. The Balaban J connectivity index is 2.11. The second-order valence-corrected chi connectivity index (χ2v) is 6.43. The molecule has 1 aromatic rings. The van der Waals surface area contributed by atoms with Crippen LogP contribution in [0.3, 0.4) is 0 Å². The fraction of sp³-hybridized carbons (Fsp3) is 0.500. The van der Waals surface area contributed by atoms with Crippen LogP contribution in [0.5, 0.6) is 5.75 Å². The number of hydrogen-bond acceptors (Lipinski definition) is 4. The van der Waals surface area contributed by atoms with Crippen LogP contribution in [0.2, 0.25) is 0 Å². The van der Waals surface area contributed by atoms with Crippen LogP contribution in [0.4, 0.5) is 4.79 Å². The van der Waals surface area contributed by atoms with Crippen molar-refractivity contribution in [1.29, 1.82) is 0 Å². The Morgan fingerprint density at radius 3 is 2.52 bits per heavy atom. The summed E-state index contributed by atoms with van der Waals surface area (Å²) in [5.41, 5.74) is -0.563. The smallest absolute Gasteiger partial charge is 0.325 e. The van der Waals surface area contributed by atoms with E-state index < -0.39 is 17.5 Å². The summed E-state index contributed by atoms with van der Waals surface area (Å²) in [6.07, 6.45) is 1.79. The Bertz CT molecular complexity index is 659. The quantitative estimate of drug-likeness (QED) is 0.736. The summed E-state index contributed by atoms with van der Waals surface area (Å²) >= 11 is 0. The maximum Gasteiger partial charge on any atom is 0.325 e. The minimum Gasteiger partial charge on any atom is -0.497 e. The van der Waals surface area contributed by atoms with Gasteiger partial charge in [0.05, 0.1) is 7.11 Å². The van der Waals surface area contributed by atoms with E-state index in [4.69, 9.17) is 4.74 Å². The van der Waals surface area contributed by atoms with Gasteiger partial charge in [0.25, 0.3) is 5.91 Å². The summed E-state index contributed by atoms with van der Waals surface area (Å²) in [7, 11) is 1.55. The predicted octanol–water partition coefficient (Wildman–Crippen LogP) is 1.77. The van der Waals surface area contributed by atoms with Crippen molar-refractivity contribution in [3.05, 3.63) is 29.8 Å². The number of nitrogens with zero attached hydrogens (tertiary/aromatic N) is 1. The maximum absolute atomic E-state index is 12.8. The van der Waals surface area contributed by atoms with Gasteiger partial charge < -0.3 is 15.4 Å². The minimum absolute atomic E-state index is 0.00578. The zero-order chi connectivity index (χ0) is 18.6. The van der Waals surface area contributed by atoms with Crippen LogP contribution in [0.1, 0.15) is 39.2 Å². The van der Waals surface area contributed by atoms with E-state index in [0.29, 0.717) is 11.3 Å². The molecule has 2 rings (SSSR count). The molecule has 0 aromatic heterocycles. The maximum atomic E-state index is 12.8. The highest BCUT2D eigenvalue weighted by molar-refractivity contribution is 6.09. The van der Waals surface area contributed by atoms with E-state index in [1.807, 2.05) is 13.8 Å². The summed E-state index contributed by atoms with van der Waals surface area (Å²) in [4.78, 5) is 38.1. The van der Waals surface area contributed by atoms with Gasteiger partial charge in [-0.3, -0.25) is 14.5 Å². The van der Waals surface area contributed by atoms with Gasteiger partial charge in [0.1, 0.15) is 17.8 Å². The van der Waals surface area contributed by atoms with Crippen molar-refractivity contribution in [1.82, 2.24) is 15.5 Å². The first-order valence-electron chi connectivity index (χ1n) is 8.39. The van der Waals surface area contributed by atoms with Crippen LogP contribution in [0, 0.1) is 0 Å². The fourth-order valence-electron chi connectivity index (χ4n) is 2.93. The van der Waals surface area contributed by atoms with E-state index in [9.17, 15) is 14.4 Å². The Morgan fingerprint density at radius 1 is 1.32 bits per heavy atom. The second kappa shape index (κ2) is 7.55. The van der Waals surface area contributed by atoms with Crippen LogP contribution >= 0.6 is 0 Å². The van der Waals surface area contributed by atoms with Crippen LogP contribution < -0.4 is 15.4 Å². The van der Waals surface area contributed by atoms with Crippen molar-refractivity contribution in [2.24, 2.45) is 0 Å². The summed E-state index contributed by atoms with van der Waals surface area (Å²) in [5.74, 6) is -0.130. The highest BCUT2D eigenvalue weighted by Crippen LogP contribution is 2.29. The molecule has 0 aliphatic carbocycles. The molecule has 0 spiro atoms. The van der Waals surface area contributed by atoms with Crippen molar-refractivity contribution in [2.75, 3.05) is 13.7 Å². The number of ether oxygens (including phenoxy) is 1. The van der Waals surface area contributed by atoms with Gasteiger partial charge in [-0.05, 0) is 38.0 Å². The average Bonchev–Trinajstić information content (AvgIpc) is 2.79. The number of hydrogen-bond donors (Lipinski definition) is 2. The molecule has 7 heteroatoms. The van der Waals surface area contributed by atoms with Crippen molar-refractivity contribution < 1.29 is 19.1 Å². The number of benzene rings is 1. The number of urea groups is 1. The normalized spacial score (nSPS) is 21.0. The number of carbonyl (C=O) groups is 3. The highest BCUT2D eigenvalue weighted by atomic mass is 16.5. The third-order valence-corrected chi connectivity index (χ3v) is 4.37. The number of imide groups is 1. The van der Waals surface area contributed by atoms with E-state index in [1.165, 1.54) is 0 Å². The molecule has 25 heavy (non-hydrogen) atoms. The number of rotatable bonds is 7. The van der Waals surface area contributed by atoms with Gasteiger partial charge >= 0.3 is 6.03 Å². The highest BCUT2D eigenvalue weighted by Gasteiger charge is 2.49.